The van der Waals surface area contributed by atoms with Gasteiger partial charge in [0, 0.05) is 26.7 Å². The van der Waals surface area contributed by atoms with Crippen LogP contribution in [-0.4, -0.2) is 68.9 Å². The fraction of sp³-hybridized carbons (Fsp3) is 0.895. The summed E-state index contributed by atoms with van der Waals surface area (Å²) in [6, 6.07) is 0. The molecule has 1 aliphatic rings. The van der Waals surface area contributed by atoms with E-state index in [1.807, 2.05) is 20.8 Å². The first-order valence-corrected chi connectivity index (χ1v) is 9.97. The maximum atomic E-state index is 11.6. The van der Waals surface area contributed by atoms with Gasteiger partial charge in [-0.1, -0.05) is 6.92 Å². The molecule has 0 unspecified atom stereocenters. The molecule has 0 bridgehead atoms. The summed E-state index contributed by atoms with van der Waals surface area (Å²) in [6.45, 7) is 13.8. The highest BCUT2D eigenvalue weighted by atomic mass is 16.6. The number of nitrogens with one attached hydrogen (secondary N) is 3. The molecule has 0 aliphatic carbocycles. The molecule has 0 saturated carbocycles. The second-order valence-corrected chi connectivity index (χ2v) is 7.95. The molecule has 1 aliphatic heterocycles. The number of amides is 1. The molecule has 0 atom stereocenters. The standard InChI is InChI=1S/C19H39N5O2/c1-6-12-24-13-8-16(9-14-24)15-23-17(20-5)21-10-7-11-22-18(25)26-19(2,3)4/h16H,6-15H2,1-5H3,(H,22,25)(H2,20,21,23). The topological polar surface area (TPSA) is 78.0 Å². The van der Waals surface area contributed by atoms with Crippen LogP contribution >= 0.6 is 0 Å². The maximum Gasteiger partial charge on any atom is 0.407 e. The zero-order valence-corrected chi connectivity index (χ0v) is 17.4. The molecular formula is C19H39N5O2. The first kappa shape index (κ1) is 22.5. The number of likely N-dealkylation sites (tertiary alicyclic amines) is 1. The summed E-state index contributed by atoms with van der Waals surface area (Å²) in [7, 11) is 1.79. The molecule has 1 heterocycles. The number of carbonyl (C=O) groups excluding carboxylic acids is 1. The number of guanidine groups is 1. The Balaban J connectivity index is 2.10. The summed E-state index contributed by atoms with van der Waals surface area (Å²) in [5, 5.41) is 9.48. The van der Waals surface area contributed by atoms with Crippen molar-refractivity contribution in [2.75, 3.05) is 46.3 Å². The third kappa shape index (κ3) is 10.5. The van der Waals surface area contributed by atoms with Crippen molar-refractivity contribution in [2.24, 2.45) is 10.9 Å². The van der Waals surface area contributed by atoms with E-state index < -0.39 is 5.60 Å². The van der Waals surface area contributed by atoms with E-state index >= 15 is 0 Å². The Morgan fingerprint density at radius 3 is 2.38 bits per heavy atom. The molecule has 1 saturated heterocycles. The Kier molecular flexibility index (Phi) is 10.4. The maximum absolute atomic E-state index is 11.6. The highest BCUT2D eigenvalue weighted by Crippen LogP contribution is 2.16. The van der Waals surface area contributed by atoms with Gasteiger partial charge in [0.2, 0.25) is 0 Å². The zero-order valence-electron chi connectivity index (χ0n) is 17.4. The molecule has 1 fully saturated rings. The van der Waals surface area contributed by atoms with Crippen LogP contribution in [0.2, 0.25) is 0 Å². The Morgan fingerprint density at radius 1 is 1.15 bits per heavy atom. The molecule has 7 nitrogen and oxygen atoms in total. The third-order valence-corrected chi connectivity index (χ3v) is 4.34. The van der Waals surface area contributed by atoms with Gasteiger partial charge in [0.15, 0.2) is 5.96 Å². The van der Waals surface area contributed by atoms with Crippen LogP contribution in [-0.2, 0) is 4.74 Å². The van der Waals surface area contributed by atoms with E-state index in [9.17, 15) is 4.79 Å². The van der Waals surface area contributed by atoms with Crippen molar-refractivity contribution in [2.45, 2.75) is 59.0 Å². The fourth-order valence-electron chi connectivity index (χ4n) is 2.99. The summed E-state index contributed by atoms with van der Waals surface area (Å²) in [6.07, 6.45) is 4.19. The lowest BCUT2D eigenvalue weighted by atomic mass is 9.97. The minimum absolute atomic E-state index is 0.366. The zero-order chi connectivity index (χ0) is 19.4. The lowest BCUT2D eigenvalue weighted by Crippen LogP contribution is -2.43. The number of alkyl carbamates (subject to hydrolysis) is 1. The molecule has 0 radical (unpaired) electrons. The van der Waals surface area contributed by atoms with Crippen molar-refractivity contribution in [1.29, 1.82) is 0 Å². The summed E-state index contributed by atoms with van der Waals surface area (Å²) in [4.78, 5) is 18.4. The van der Waals surface area contributed by atoms with Gasteiger partial charge in [-0.25, -0.2) is 4.79 Å². The third-order valence-electron chi connectivity index (χ3n) is 4.34. The molecule has 1 amide bonds. The molecule has 3 N–H and O–H groups in total. The molecular weight excluding hydrogens is 330 g/mol. The summed E-state index contributed by atoms with van der Waals surface area (Å²) >= 11 is 0. The van der Waals surface area contributed by atoms with Gasteiger partial charge in [-0.15, -0.1) is 0 Å². The van der Waals surface area contributed by atoms with Crippen molar-refractivity contribution in [3.63, 3.8) is 0 Å². The van der Waals surface area contributed by atoms with Crippen LogP contribution < -0.4 is 16.0 Å². The van der Waals surface area contributed by atoms with Gasteiger partial charge in [-0.05, 0) is 72.0 Å². The summed E-state index contributed by atoms with van der Waals surface area (Å²) in [5.41, 5.74) is -0.457. The van der Waals surface area contributed by atoms with E-state index in [0.717, 1.165) is 31.4 Å². The Bertz CT molecular complexity index is 426. The van der Waals surface area contributed by atoms with Crippen molar-refractivity contribution in [3.05, 3.63) is 0 Å². The van der Waals surface area contributed by atoms with E-state index in [1.54, 1.807) is 7.05 Å². The first-order valence-electron chi connectivity index (χ1n) is 9.97. The van der Waals surface area contributed by atoms with E-state index in [1.165, 1.54) is 38.9 Å². The number of carbonyl (C=O) groups is 1. The SMILES string of the molecule is CCCN1CCC(CNC(=NC)NCCCNC(=O)OC(C)(C)C)CC1. The number of nitrogens with zero attached hydrogens (tertiary/aromatic N) is 2. The van der Waals surface area contributed by atoms with Gasteiger partial charge >= 0.3 is 6.09 Å². The van der Waals surface area contributed by atoms with Gasteiger partial charge < -0.3 is 25.6 Å². The number of ether oxygens (including phenoxy) is 1. The predicted octanol–water partition coefficient (Wildman–Crippen LogP) is 2.19. The van der Waals surface area contributed by atoms with E-state index in [-0.39, 0.29) is 6.09 Å². The molecule has 152 valence electrons. The van der Waals surface area contributed by atoms with E-state index in [2.05, 4.69) is 32.8 Å². The van der Waals surface area contributed by atoms with E-state index in [4.69, 9.17) is 4.74 Å². The Morgan fingerprint density at radius 2 is 1.81 bits per heavy atom. The molecule has 1 rings (SSSR count). The Labute approximate surface area is 159 Å². The van der Waals surface area contributed by atoms with Crippen LogP contribution in [0.15, 0.2) is 4.99 Å². The van der Waals surface area contributed by atoms with Crippen LogP contribution in [0.5, 0.6) is 0 Å². The monoisotopic (exact) mass is 369 g/mol. The number of piperidine rings is 1. The van der Waals surface area contributed by atoms with Crippen LogP contribution in [0.4, 0.5) is 4.79 Å². The van der Waals surface area contributed by atoms with Gasteiger partial charge in [0.05, 0.1) is 0 Å². The molecule has 0 aromatic heterocycles. The Hall–Kier alpha value is -1.50. The number of hydrogen-bond donors (Lipinski definition) is 3. The fourth-order valence-corrected chi connectivity index (χ4v) is 2.99. The highest BCUT2D eigenvalue weighted by molar-refractivity contribution is 5.79. The van der Waals surface area contributed by atoms with Gasteiger partial charge in [0.1, 0.15) is 5.60 Å². The van der Waals surface area contributed by atoms with Crippen LogP contribution in [0, 0.1) is 5.92 Å². The van der Waals surface area contributed by atoms with E-state index in [0.29, 0.717) is 6.54 Å². The van der Waals surface area contributed by atoms with Gasteiger partial charge in [-0.3, -0.25) is 4.99 Å². The van der Waals surface area contributed by atoms with Gasteiger partial charge in [0.25, 0.3) is 0 Å². The van der Waals surface area contributed by atoms with Crippen LogP contribution in [0.1, 0.15) is 53.4 Å². The average Bonchev–Trinajstić information content (AvgIpc) is 2.57. The summed E-state index contributed by atoms with van der Waals surface area (Å²) in [5.74, 6) is 1.55. The second kappa shape index (κ2) is 12.0. The second-order valence-electron chi connectivity index (χ2n) is 7.95. The predicted molar refractivity (Wildman–Crippen MR) is 108 cm³/mol. The molecule has 0 aromatic carbocycles. The minimum Gasteiger partial charge on any atom is -0.444 e. The van der Waals surface area contributed by atoms with Gasteiger partial charge in [-0.2, -0.15) is 0 Å². The minimum atomic E-state index is -0.457. The number of rotatable bonds is 8. The largest absolute Gasteiger partial charge is 0.444 e. The van der Waals surface area contributed by atoms with Crippen LogP contribution in [0.25, 0.3) is 0 Å². The lowest BCUT2D eigenvalue weighted by Gasteiger charge is -2.32. The van der Waals surface area contributed by atoms with Crippen molar-refractivity contribution in [3.8, 4) is 0 Å². The summed E-state index contributed by atoms with van der Waals surface area (Å²) < 4.78 is 5.21. The quantitative estimate of drug-likeness (QED) is 0.347. The first-order chi connectivity index (χ1) is 12.3. The number of aliphatic imine (C=N–C) groups is 1. The normalized spacial score (nSPS) is 17.0. The number of hydrogen-bond acceptors (Lipinski definition) is 4. The molecule has 26 heavy (non-hydrogen) atoms. The molecule has 0 spiro atoms. The van der Waals surface area contributed by atoms with Crippen molar-refractivity contribution >= 4 is 12.1 Å². The van der Waals surface area contributed by atoms with Crippen molar-refractivity contribution in [1.82, 2.24) is 20.9 Å². The molecule has 0 aromatic rings. The smallest absolute Gasteiger partial charge is 0.407 e. The van der Waals surface area contributed by atoms with Crippen LogP contribution in [0.3, 0.4) is 0 Å². The molecule has 7 heteroatoms. The average molecular weight is 370 g/mol. The highest BCUT2D eigenvalue weighted by Gasteiger charge is 2.18. The van der Waals surface area contributed by atoms with Crippen molar-refractivity contribution < 1.29 is 9.53 Å². The lowest BCUT2D eigenvalue weighted by molar-refractivity contribution is 0.0527.